The number of phosphoric acid groups is 1. The lowest BCUT2D eigenvalue weighted by Gasteiger charge is -2.19. The molecule has 0 aromatic carbocycles. The molecule has 0 aliphatic carbocycles. The van der Waals surface area contributed by atoms with Crippen LogP contribution in [-0.2, 0) is 32.7 Å². The molecular formula is C43H64NO8P. The van der Waals surface area contributed by atoms with Crippen LogP contribution < -0.4 is 5.73 Å². The molecule has 0 spiro atoms. The van der Waals surface area contributed by atoms with Crippen molar-refractivity contribution in [1.82, 2.24) is 0 Å². The number of unbranched alkanes of at least 4 members (excludes halogenated alkanes) is 1. The van der Waals surface area contributed by atoms with Crippen molar-refractivity contribution in [1.29, 1.82) is 0 Å². The fraction of sp³-hybridized carbons (Fsp3) is 0.442. The number of ether oxygens (including phenoxy) is 2. The number of carbonyl (C=O) groups excluding carboxylic acids is 2. The Morgan fingerprint density at radius 1 is 0.585 bits per heavy atom. The monoisotopic (exact) mass is 753 g/mol. The van der Waals surface area contributed by atoms with E-state index in [4.69, 9.17) is 24.3 Å². The van der Waals surface area contributed by atoms with Crippen LogP contribution in [0, 0.1) is 0 Å². The number of rotatable bonds is 32. The highest BCUT2D eigenvalue weighted by Crippen LogP contribution is 2.43. The number of hydrogen-bond acceptors (Lipinski definition) is 8. The Balaban J connectivity index is 4.49. The maximum Gasteiger partial charge on any atom is 0.472 e. The number of allylic oxidation sites excluding steroid dienone is 22. The van der Waals surface area contributed by atoms with Crippen LogP contribution in [0.15, 0.2) is 134 Å². The van der Waals surface area contributed by atoms with Crippen LogP contribution in [0.3, 0.4) is 0 Å². The fourth-order valence-electron chi connectivity index (χ4n) is 3.98. The Hall–Kier alpha value is -3.85. The SMILES string of the molecule is CC/C=C/C=C/C=C/C=C/C=C/CCCC(=O)OC(COC(=O)CC/C=C/C/C=C/C/C=C/C/C=C/C/C=C/C/C=C/CC)COP(=O)(O)OCCN. The van der Waals surface area contributed by atoms with Crippen LogP contribution in [0.5, 0.6) is 0 Å². The Bertz CT molecular complexity index is 1320. The highest BCUT2D eigenvalue weighted by molar-refractivity contribution is 7.47. The van der Waals surface area contributed by atoms with E-state index in [1.54, 1.807) is 0 Å². The molecule has 0 saturated heterocycles. The van der Waals surface area contributed by atoms with E-state index in [1.807, 2.05) is 66.8 Å². The Morgan fingerprint density at radius 2 is 1.08 bits per heavy atom. The van der Waals surface area contributed by atoms with E-state index in [1.165, 1.54) is 0 Å². The third kappa shape index (κ3) is 37.7. The van der Waals surface area contributed by atoms with E-state index in [-0.39, 0.29) is 32.6 Å². The second-order valence-corrected chi connectivity index (χ2v) is 12.9. The molecule has 0 aliphatic rings. The summed E-state index contributed by atoms with van der Waals surface area (Å²) in [5, 5.41) is 0. The zero-order valence-electron chi connectivity index (χ0n) is 31.9. The predicted molar refractivity (Wildman–Crippen MR) is 219 cm³/mol. The van der Waals surface area contributed by atoms with Crippen molar-refractivity contribution in [3.63, 3.8) is 0 Å². The van der Waals surface area contributed by atoms with Gasteiger partial charge >= 0.3 is 19.8 Å². The molecule has 0 bridgehead atoms. The van der Waals surface area contributed by atoms with Gasteiger partial charge in [0.05, 0.1) is 13.2 Å². The molecule has 3 N–H and O–H groups in total. The summed E-state index contributed by atoms with van der Waals surface area (Å²) in [5.74, 6) is -1.03. The minimum Gasteiger partial charge on any atom is -0.462 e. The third-order valence-electron chi connectivity index (χ3n) is 6.67. The number of carbonyl (C=O) groups is 2. The second kappa shape index (κ2) is 37.9. The zero-order chi connectivity index (χ0) is 38.9. The van der Waals surface area contributed by atoms with Gasteiger partial charge in [0.15, 0.2) is 6.10 Å². The number of hydrogen-bond donors (Lipinski definition) is 2. The molecular weight excluding hydrogens is 689 g/mol. The third-order valence-corrected chi connectivity index (χ3v) is 7.66. The zero-order valence-corrected chi connectivity index (χ0v) is 32.8. The summed E-state index contributed by atoms with van der Waals surface area (Å²) in [4.78, 5) is 34.6. The van der Waals surface area contributed by atoms with Crippen LogP contribution in [0.25, 0.3) is 0 Å². The van der Waals surface area contributed by atoms with Crippen molar-refractivity contribution in [2.75, 3.05) is 26.4 Å². The summed E-state index contributed by atoms with van der Waals surface area (Å²) in [6.45, 7) is 3.24. The normalized spacial score (nSPS) is 14.9. The van der Waals surface area contributed by atoms with Gasteiger partial charge in [-0.1, -0.05) is 148 Å². The standard InChI is InChI=1S/C43H64NO8P/c1-3-5-7-9-11-13-15-17-18-19-20-21-22-24-25-27-29-31-33-35-42(45)49-39-41(40-51-53(47,48)50-38-37-44)52-43(46)36-34-32-30-28-26-23-16-14-12-10-8-6-4-2/h5-8,10-14,16-18,20-21,23-26,28-31,41H,3-4,9,15,19,22,27,32-40,44H2,1-2H3,(H,47,48)/b7-5+,8-6+,12-10+,13-11+,16-14+,18-17+,21-20+,25-24+,26-23+,30-28+,31-29+. The molecule has 0 saturated carbocycles. The molecule has 294 valence electrons. The summed E-state index contributed by atoms with van der Waals surface area (Å²) in [7, 11) is -4.42. The number of phosphoric ester groups is 1. The first-order valence-corrected chi connectivity index (χ1v) is 20.2. The van der Waals surface area contributed by atoms with Crippen LogP contribution >= 0.6 is 7.82 Å². The Morgan fingerprint density at radius 3 is 1.60 bits per heavy atom. The summed E-state index contributed by atoms with van der Waals surface area (Å²) in [6, 6.07) is 0. The molecule has 53 heavy (non-hydrogen) atoms. The largest absolute Gasteiger partial charge is 0.472 e. The average Bonchev–Trinajstić information content (AvgIpc) is 3.14. The van der Waals surface area contributed by atoms with Crippen LogP contribution in [0.4, 0.5) is 0 Å². The predicted octanol–water partition coefficient (Wildman–Crippen LogP) is 10.4. The summed E-state index contributed by atoms with van der Waals surface area (Å²) in [5.41, 5.74) is 5.32. The van der Waals surface area contributed by atoms with Crippen molar-refractivity contribution in [3.8, 4) is 0 Å². The van der Waals surface area contributed by atoms with Crippen LogP contribution in [0.1, 0.15) is 90.9 Å². The maximum atomic E-state index is 12.5. The van der Waals surface area contributed by atoms with Crippen LogP contribution in [-0.4, -0.2) is 49.3 Å². The smallest absolute Gasteiger partial charge is 0.462 e. The van der Waals surface area contributed by atoms with Gasteiger partial charge in [0, 0.05) is 19.4 Å². The molecule has 0 heterocycles. The minimum absolute atomic E-state index is 0.0237. The minimum atomic E-state index is -4.42. The molecule has 0 fully saturated rings. The van der Waals surface area contributed by atoms with E-state index in [2.05, 4.69) is 80.7 Å². The highest BCUT2D eigenvalue weighted by Gasteiger charge is 2.25. The molecule has 0 aliphatic heterocycles. The molecule has 2 unspecified atom stereocenters. The van der Waals surface area contributed by atoms with Crippen molar-refractivity contribution in [2.24, 2.45) is 5.73 Å². The van der Waals surface area contributed by atoms with E-state index < -0.39 is 32.5 Å². The lowest BCUT2D eigenvalue weighted by atomic mass is 10.2. The molecule has 10 heteroatoms. The van der Waals surface area contributed by atoms with E-state index in [9.17, 15) is 19.0 Å². The quantitative estimate of drug-likeness (QED) is 0.0226. The van der Waals surface area contributed by atoms with Gasteiger partial charge in [-0.15, -0.1) is 0 Å². The fourth-order valence-corrected chi connectivity index (χ4v) is 4.75. The van der Waals surface area contributed by atoms with Crippen molar-refractivity contribution in [2.45, 2.75) is 97.0 Å². The topological polar surface area (TPSA) is 134 Å². The van der Waals surface area contributed by atoms with E-state index in [0.29, 0.717) is 19.3 Å². The molecule has 9 nitrogen and oxygen atoms in total. The van der Waals surface area contributed by atoms with Crippen molar-refractivity contribution < 1.29 is 37.6 Å². The Labute approximate surface area is 319 Å². The first kappa shape index (κ1) is 49.1. The molecule has 2 atom stereocenters. The van der Waals surface area contributed by atoms with Gasteiger partial charge in [-0.25, -0.2) is 4.57 Å². The summed E-state index contributed by atoms with van der Waals surface area (Å²) < 4.78 is 32.5. The first-order valence-electron chi connectivity index (χ1n) is 18.7. The first-order chi connectivity index (χ1) is 25.8. The lowest BCUT2D eigenvalue weighted by molar-refractivity contribution is -0.161. The molecule has 0 aromatic heterocycles. The Kier molecular flexibility index (Phi) is 35.1. The summed E-state index contributed by atoms with van der Waals surface area (Å²) in [6.07, 6.45) is 52.3. The highest BCUT2D eigenvalue weighted by atomic mass is 31.2. The van der Waals surface area contributed by atoms with E-state index >= 15 is 0 Å². The van der Waals surface area contributed by atoms with Gasteiger partial charge in [-0.05, 0) is 64.2 Å². The van der Waals surface area contributed by atoms with E-state index in [0.717, 1.165) is 44.9 Å². The molecule has 0 radical (unpaired) electrons. The van der Waals surface area contributed by atoms with Crippen molar-refractivity contribution in [3.05, 3.63) is 134 Å². The van der Waals surface area contributed by atoms with Crippen LogP contribution in [0.2, 0.25) is 0 Å². The lowest BCUT2D eigenvalue weighted by Crippen LogP contribution is -2.29. The molecule has 0 rings (SSSR count). The van der Waals surface area contributed by atoms with Gasteiger partial charge in [-0.2, -0.15) is 0 Å². The van der Waals surface area contributed by atoms with Gasteiger partial charge in [-0.3, -0.25) is 18.6 Å². The molecule has 0 amide bonds. The molecule has 0 aromatic rings. The van der Waals surface area contributed by atoms with Crippen molar-refractivity contribution >= 4 is 19.8 Å². The summed E-state index contributed by atoms with van der Waals surface area (Å²) >= 11 is 0. The van der Waals surface area contributed by atoms with Gasteiger partial charge < -0.3 is 20.1 Å². The second-order valence-electron chi connectivity index (χ2n) is 11.4. The maximum absolute atomic E-state index is 12.5. The van der Waals surface area contributed by atoms with Gasteiger partial charge in [0.2, 0.25) is 0 Å². The van der Waals surface area contributed by atoms with Gasteiger partial charge in [0.25, 0.3) is 0 Å². The number of esters is 2. The average molecular weight is 754 g/mol. The number of nitrogens with two attached hydrogens (primary N) is 1. The van der Waals surface area contributed by atoms with Gasteiger partial charge in [0.1, 0.15) is 6.61 Å².